The molecule has 0 unspecified atom stereocenters. The number of thiazole rings is 1. The monoisotopic (exact) mass is 264 g/mol. The lowest BCUT2D eigenvalue weighted by molar-refractivity contribution is 0.340. The lowest BCUT2D eigenvalue weighted by atomic mass is 9.92. The maximum atomic E-state index is 5.93. The van der Waals surface area contributed by atoms with E-state index in [2.05, 4.69) is 33.2 Å². The lowest BCUT2D eigenvalue weighted by Gasteiger charge is -2.26. The normalized spacial score (nSPS) is 24.8. The van der Waals surface area contributed by atoms with Gasteiger partial charge in [-0.25, -0.2) is 4.98 Å². The Balaban J connectivity index is 1.66. The second kappa shape index (κ2) is 4.99. The van der Waals surface area contributed by atoms with Gasteiger partial charge in [-0.2, -0.15) is 0 Å². The summed E-state index contributed by atoms with van der Waals surface area (Å²) in [4.78, 5) is 5.66. The number of nitrogens with zero attached hydrogens (tertiary/aromatic N) is 2. The summed E-state index contributed by atoms with van der Waals surface area (Å²) in [6, 6.07) is 1.04. The number of aryl methyl sites for hydroxylation is 1. The average Bonchev–Trinajstić information content (AvgIpc) is 2.90. The van der Waals surface area contributed by atoms with Gasteiger partial charge in [0, 0.05) is 30.2 Å². The molecule has 1 aliphatic rings. The van der Waals surface area contributed by atoms with Gasteiger partial charge in [-0.05, 0) is 32.6 Å². The summed E-state index contributed by atoms with van der Waals surface area (Å²) in [7, 11) is 0. The van der Waals surface area contributed by atoms with Crippen LogP contribution in [0.3, 0.4) is 0 Å². The van der Waals surface area contributed by atoms with E-state index < -0.39 is 0 Å². The minimum Gasteiger partial charge on any atom is -0.328 e. The van der Waals surface area contributed by atoms with E-state index in [0.29, 0.717) is 12.1 Å². The molecule has 98 valence electrons. The highest BCUT2D eigenvalue weighted by atomic mass is 32.1. The van der Waals surface area contributed by atoms with Crippen LogP contribution < -0.4 is 11.1 Å². The fourth-order valence-corrected chi connectivity index (χ4v) is 3.50. The Morgan fingerprint density at radius 1 is 1.44 bits per heavy atom. The Bertz CT molecular complexity index is 522. The molecular weight excluding hydrogens is 244 g/mol. The first-order chi connectivity index (χ1) is 8.74. The highest BCUT2D eigenvalue weighted by Gasteiger charge is 2.19. The summed E-state index contributed by atoms with van der Waals surface area (Å²) >= 11 is 1.69. The fourth-order valence-electron chi connectivity index (χ4n) is 2.72. The van der Waals surface area contributed by atoms with E-state index in [1.807, 2.05) is 0 Å². The predicted molar refractivity (Wildman–Crippen MR) is 74.9 cm³/mol. The Morgan fingerprint density at radius 3 is 3.00 bits per heavy atom. The molecular formula is C13H20N4S. The fraction of sp³-hybridized carbons (Fsp3) is 0.615. The topological polar surface area (TPSA) is 55.3 Å². The van der Waals surface area contributed by atoms with Crippen LogP contribution in [0.2, 0.25) is 0 Å². The zero-order valence-corrected chi connectivity index (χ0v) is 11.5. The van der Waals surface area contributed by atoms with Crippen molar-refractivity contribution in [2.75, 3.05) is 0 Å². The van der Waals surface area contributed by atoms with Gasteiger partial charge in [0.2, 0.25) is 0 Å². The molecule has 2 aromatic heterocycles. The van der Waals surface area contributed by atoms with E-state index in [9.17, 15) is 0 Å². The molecule has 0 radical (unpaired) electrons. The molecule has 18 heavy (non-hydrogen) atoms. The van der Waals surface area contributed by atoms with Crippen LogP contribution >= 0.6 is 11.3 Å². The molecule has 5 heteroatoms. The van der Waals surface area contributed by atoms with Gasteiger partial charge >= 0.3 is 0 Å². The highest BCUT2D eigenvalue weighted by molar-refractivity contribution is 7.15. The Kier molecular flexibility index (Phi) is 3.37. The third-order valence-electron chi connectivity index (χ3n) is 3.89. The third-order valence-corrected chi connectivity index (χ3v) is 4.65. The highest BCUT2D eigenvalue weighted by Crippen LogP contribution is 2.19. The zero-order chi connectivity index (χ0) is 12.5. The van der Waals surface area contributed by atoms with E-state index >= 15 is 0 Å². The first-order valence-electron chi connectivity index (χ1n) is 6.64. The molecule has 1 fully saturated rings. The van der Waals surface area contributed by atoms with E-state index in [1.165, 1.54) is 18.5 Å². The molecule has 3 N–H and O–H groups in total. The SMILES string of the molecule is Cc1nc2sccn2c1CNC1CCC(N)CC1. The number of nitrogens with two attached hydrogens (primary N) is 1. The molecule has 0 aliphatic heterocycles. The molecule has 0 atom stereocenters. The van der Waals surface area contributed by atoms with E-state index in [1.54, 1.807) is 11.3 Å². The molecule has 0 saturated heterocycles. The quantitative estimate of drug-likeness (QED) is 0.892. The molecule has 0 aromatic carbocycles. The van der Waals surface area contributed by atoms with E-state index in [0.717, 1.165) is 30.0 Å². The summed E-state index contributed by atoms with van der Waals surface area (Å²) in [6.45, 7) is 3.00. The first-order valence-corrected chi connectivity index (χ1v) is 7.52. The van der Waals surface area contributed by atoms with Crippen molar-refractivity contribution in [1.82, 2.24) is 14.7 Å². The van der Waals surface area contributed by atoms with E-state index in [-0.39, 0.29) is 0 Å². The molecule has 0 spiro atoms. The molecule has 1 aliphatic carbocycles. The number of hydrogen-bond acceptors (Lipinski definition) is 4. The largest absolute Gasteiger partial charge is 0.328 e. The van der Waals surface area contributed by atoms with Crippen LogP contribution in [0.1, 0.15) is 37.1 Å². The van der Waals surface area contributed by atoms with Crippen LogP contribution in [0.5, 0.6) is 0 Å². The summed E-state index contributed by atoms with van der Waals surface area (Å²) in [5.74, 6) is 0. The second-order valence-electron chi connectivity index (χ2n) is 5.19. The van der Waals surface area contributed by atoms with Crippen LogP contribution in [0.15, 0.2) is 11.6 Å². The molecule has 4 nitrogen and oxygen atoms in total. The van der Waals surface area contributed by atoms with Crippen LogP contribution in [0.4, 0.5) is 0 Å². The number of aromatic nitrogens is 2. The first kappa shape index (κ1) is 12.1. The van der Waals surface area contributed by atoms with Crippen molar-refractivity contribution in [3.05, 3.63) is 23.0 Å². The predicted octanol–water partition coefficient (Wildman–Crippen LogP) is 2.06. The van der Waals surface area contributed by atoms with Gasteiger partial charge in [-0.15, -0.1) is 11.3 Å². The van der Waals surface area contributed by atoms with Crippen LogP contribution in [-0.2, 0) is 6.54 Å². The summed E-state index contributed by atoms with van der Waals surface area (Å²) in [5, 5.41) is 5.74. The van der Waals surface area contributed by atoms with Crippen molar-refractivity contribution in [2.45, 2.75) is 51.2 Å². The third kappa shape index (κ3) is 2.30. The molecule has 3 rings (SSSR count). The molecule has 2 heterocycles. The standard InChI is InChI=1S/C13H20N4S/c1-9-12(17-6-7-18-13(17)16-9)8-15-11-4-2-10(14)3-5-11/h6-7,10-11,15H,2-5,8,14H2,1H3. The van der Waals surface area contributed by atoms with Gasteiger partial charge in [0.1, 0.15) is 0 Å². The van der Waals surface area contributed by atoms with Crippen molar-refractivity contribution in [1.29, 1.82) is 0 Å². The van der Waals surface area contributed by atoms with Crippen molar-refractivity contribution in [2.24, 2.45) is 5.73 Å². The Morgan fingerprint density at radius 2 is 2.22 bits per heavy atom. The number of fused-ring (bicyclic) bond motifs is 1. The van der Waals surface area contributed by atoms with Crippen LogP contribution in [-0.4, -0.2) is 21.5 Å². The molecule has 0 bridgehead atoms. The number of rotatable bonds is 3. The maximum Gasteiger partial charge on any atom is 0.194 e. The van der Waals surface area contributed by atoms with Crippen molar-refractivity contribution >= 4 is 16.3 Å². The number of imidazole rings is 1. The molecule has 2 aromatic rings. The van der Waals surface area contributed by atoms with Gasteiger partial charge in [-0.3, -0.25) is 4.40 Å². The van der Waals surface area contributed by atoms with Crippen LogP contribution in [0, 0.1) is 6.92 Å². The van der Waals surface area contributed by atoms with Gasteiger partial charge in [0.15, 0.2) is 4.96 Å². The van der Waals surface area contributed by atoms with Crippen molar-refractivity contribution < 1.29 is 0 Å². The second-order valence-corrected chi connectivity index (χ2v) is 6.07. The van der Waals surface area contributed by atoms with E-state index in [4.69, 9.17) is 5.73 Å². The van der Waals surface area contributed by atoms with Gasteiger partial charge < -0.3 is 11.1 Å². The number of nitrogens with one attached hydrogen (secondary N) is 1. The molecule has 1 saturated carbocycles. The van der Waals surface area contributed by atoms with Crippen LogP contribution in [0.25, 0.3) is 4.96 Å². The smallest absolute Gasteiger partial charge is 0.194 e. The summed E-state index contributed by atoms with van der Waals surface area (Å²) < 4.78 is 2.20. The molecule has 0 amide bonds. The van der Waals surface area contributed by atoms with Crippen molar-refractivity contribution in [3.63, 3.8) is 0 Å². The zero-order valence-electron chi connectivity index (χ0n) is 10.7. The Hall–Kier alpha value is -0.910. The van der Waals surface area contributed by atoms with Gasteiger partial charge in [0.05, 0.1) is 11.4 Å². The van der Waals surface area contributed by atoms with Crippen molar-refractivity contribution in [3.8, 4) is 0 Å². The summed E-state index contributed by atoms with van der Waals surface area (Å²) in [6.07, 6.45) is 6.80. The average molecular weight is 264 g/mol. The van der Waals surface area contributed by atoms with Gasteiger partial charge in [0.25, 0.3) is 0 Å². The minimum absolute atomic E-state index is 0.420. The lowest BCUT2D eigenvalue weighted by Crippen LogP contribution is -2.37. The summed E-state index contributed by atoms with van der Waals surface area (Å²) in [5.41, 5.74) is 8.37. The number of hydrogen-bond donors (Lipinski definition) is 2. The minimum atomic E-state index is 0.420. The Labute approximate surface area is 111 Å². The van der Waals surface area contributed by atoms with Gasteiger partial charge in [-0.1, -0.05) is 0 Å². The maximum absolute atomic E-state index is 5.93.